The Kier molecular flexibility index (Phi) is 5.52. The first-order chi connectivity index (χ1) is 14.3. The van der Waals surface area contributed by atoms with Crippen LogP contribution in [0, 0.1) is 20.8 Å². The quantitative estimate of drug-likeness (QED) is 0.614. The van der Waals surface area contributed by atoms with Crippen LogP contribution in [-0.2, 0) is 10.0 Å². The van der Waals surface area contributed by atoms with Gasteiger partial charge in [-0.25, -0.2) is 8.42 Å². The SMILES string of the molecule is Cc1ccc(-c2ccsc2C(=O)N2CCN(S(=O)(=O)c3c(C)noc3C)CC2)cc1. The molecule has 3 heterocycles. The third-order valence-electron chi connectivity index (χ3n) is 5.31. The van der Waals surface area contributed by atoms with Gasteiger partial charge in [0.1, 0.15) is 10.6 Å². The van der Waals surface area contributed by atoms with Crippen LogP contribution in [0.4, 0.5) is 0 Å². The highest BCUT2D eigenvalue weighted by Gasteiger charge is 2.34. The van der Waals surface area contributed by atoms with Gasteiger partial charge >= 0.3 is 0 Å². The van der Waals surface area contributed by atoms with E-state index >= 15 is 0 Å². The van der Waals surface area contributed by atoms with E-state index < -0.39 is 10.0 Å². The number of thiophene rings is 1. The minimum Gasteiger partial charge on any atom is -0.360 e. The third-order valence-corrected chi connectivity index (χ3v) is 8.36. The van der Waals surface area contributed by atoms with Crippen LogP contribution in [0.25, 0.3) is 11.1 Å². The lowest BCUT2D eigenvalue weighted by molar-refractivity contribution is 0.0703. The van der Waals surface area contributed by atoms with Gasteiger partial charge in [-0.05, 0) is 37.8 Å². The number of piperazine rings is 1. The van der Waals surface area contributed by atoms with Crippen LogP contribution in [0.2, 0.25) is 0 Å². The summed E-state index contributed by atoms with van der Waals surface area (Å²) in [5.74, 6) is 0.224. The topological polar surface area (TPSA) is 83.7 Å². The molecule has 0 bridgehead atoms. The molecule has 0 atom stereocenters. The van der Waals surface area contributed by atoms with E-state index in [1.54, 1.807) is 18.7 Å². The van der Waals surface area contributed by atoms with Crippen LogP contribution in [0.5, 0.6) is 0 Å². The zero-order valence-corrected chi connectivity index (χ0v) is 18.7. The van der Waals surface area contributed by atoms with Gasteiger partial charge in [-0.1, -0.05) is 35.0 Å². The molecule has 0 spiro atoms. The smallest absolute Gasteiger partial charge is 0.264 e. The summed E-state index contributed by atoms with van der Waals surface area (Å²) in [7, 11) is -3.70. The predicted octanol–water partition coefficient (Wildman–Crippen LogP) is 3.48. The largest absolute Gasteiger partial charge is 0.360 e. The van der Waals surface area contributed by atoms with Crippen molar-refractivity contribution in [2.75, 3.05) is 26.2 Å². The summed E-state index contributed by atoms with van der Waals surface area (Å²) in [6.45, 7) is 6.40. The molecule has 4 rings (SSSR count). The second-order valence-electron chi connectivity index (χ2n) is 7.38. The summed E-state index contributed by atoms with van der Waals surface area (Å²) in [5.41, 5.74) is 3.44. The zero-order chi connectivity index (χ0) is 21.5. The number of carbonyl (C=O) groups excluding carboxylic acids is 1. The fourth-order valence-electron chi connectivity index (χ4n) is 3.68. The van der Waals surface area contributed by atoms with Gasteiger partial charge in [0.2, 0.25) is 10.0 Å². The summed E-state index contributed by atoms with van der Waals surface area (Å²) in [6, 6.07) is 10.0. The summed E-state index contributed by atoms with van der Waals surface area (Å²) in [5, 5.41) is 5.67. The molecule has 1 aliphatic heterocycles. The van der Waals surface area contributed by atoms with Crippen LogP contribution in [0.3, 0.4) is 0 Å². The third kappa shape index (κ3) is 3.68. The lowest BCUT2D eigenvalue weighted by Crippen LogP contribution is -2.50. The van der Waals surface area contributed by atoms with E-state index in [1.165, 1.54) is 15.6 Å². The summed E-state index contributed by atoms with van der Waals surface area (Å²) in [4.78, 5) is 15.7. The fraction of sp³-hybridized carbons (Fsp3) is 0.333. The highest BCUT2D eigenvalue weighted by atomic mass is 32.2. The fourth-order valence-corrected chi connectivity index (χ4v) is 6.28. The normalized spacial score (nSPS) is 15.5. The van der Waals surface area contributed by atoms with Gasteiger partial charge < -0.3 is 9.42 Å². The Bertz CT molecular complexity index is 1150. The van der Waals surface area contributed by atoms with Gasteiger partial charge in [0.05, 0.1) is 4.88 Å². The van der Waals surface area contributed by atoms with E-state index in [9.17, 15) is 13.2 Å². The van der Waals surface area contributed by atoms with Crippen molar-refractivity contribution in [3.05, 3.63) is 57.6 Å². The van der Waals surface area contributed by atoms with E-state index in [2.05, 4.69) is 5.16 Å². The number of amides is 1. The van der Waals surface area contributed by atoms with E-state index in [4.69, 9.17) is 4.52 Å². The molecule has 1 aliphatic rings. The van der Waals surface area contributed by atoms with Crippen LogP contribution >= 0.6 is 11.3 Å². The Morgan fingerprint density at radius 3 is 2.30 bits per heavy atom. The Labute approximate surface area is 180 Å². The molecular weight excluding hydrogens is 422 g/mol. The standard InChI is InChI=1S/C21H23N3O4S2/c1-14-4-6-17(7-5-14)18-8-13-29-19(18)21(25)23-9-11-24(12-10-23)30(26,27)20-15(2)22-28-16(20)3/h4-8,13H,9-12H2,1-3H3. The Hall–Kier alpha value is -2.49. The van der Waals surface area contributed by atoms with Gasteiger partial charge in [0, 0.05) is 31.7 Å². The molecule has 158 valence electrons. The number of carbonyl (C=O) groups is 1. The number of benzene rings is 1. The van der Waals surface area contributed by atoms with Crippen molar-refractivity contribution in [2.24, 2.45) is 0 Å². The Balaban J connectivity index is 1.50. The van der Waals surface area contributed by atoms with Crippen molar-refractivity contribution in [2.45, 2.75) is 25.7 Å². The van der Waals surface area contributed by atoms with E-state index in [0.717, 1.165) is 16.7 Å². The zero-order valence-electron chi connectivity index (χ0n) is 17.1. The van der Waals surface area contributed by atoms with Gasteiger partial charge in [-0.3, -0.25) is 4.79 Å². The molecule has 1 amide bonds. The molecule has 1 saturated heterocycles. The average molecular weight is 446 g/mol. The van der Waals surface area contributed by atoms with E-state index in [1.807, 2.05) is 42.6 Å². The molecule has 2 aromatic heterocycles. The lowest BCUT2D eigenvalue weighted by atomic mass is 10.0. The molecule has 0 radical (unpaired) electrons. The summed E-state index contributed by atoms with van der Waals surface area (Å²) in [6.07, 6.45) is 0. The highest BCUT2D eigenvalue weighted by Crippen LogP contribution is 2.30. The number of aryl methyl sites for hydroxylation is 3. The number of sulfonamides is 1. The molecular formula is C21H23N3O4S2. The average Bonchev–Trinajstić information content (AvgIpc) is 3.35. The maximum Gasteiger partial charge on any atom is 0.264 e. The van der Waals surface area contributed by atoms with Gasteiger partial charge in [0.25, 0.3) is 5.91 Å². The molecule has 7 nitrogen and oxygen atoms in total. The van der Waals surface area contributed by atoms with Gasteiger partial charge in [0.15, 0.2) is 5.76 Å². The Morgan fingerprint density at radius 1 is 1.03 bits per heavy atom. The van der Waals surface area contributed by atoms with Gasteiger partial charge in [-0.15, -0.1) is 11.3 Å². The first kappa shape index (κ1) is 20.8. The highest BCUT2D eigenvalue weighted by molar-refractivity contribution is 7.89. The first-order valence-electron chi connectivity index (χ1n) is 9.66. The molecule has 1 aromatic carbocycles. The van der Waals surface area contributed by atoms with Crippen molar-refractivity contribution in [1.82, 2.24) is 14.4 Å². The second-order valence-corrected chi connectivity index (χ2v) is 10.2. The molecule has 3 aromatic rings. The summed E-state index contributed by atoms with van der Waals surface area (Å²) >= 11 is 1.41. The molecule has 0 N–H and O–H groups in total. The Morgan fingerprint density at radius 2 is 1.70 bits per heavy atom. The lowest BCUT2D eigenvalue weighted by Gasteiger charge is -2.33. The van der Waals surface area contributed by atoms with E-state index in [-0.39, 0.29) is 29.7 Å². The molecule has 0 unspecified atom stereocenters. The molecule has 30 heavy (non-hydrogen) atoms. The number of hydrogen-bond donors (Lipinski definition) is 0. The van der Waals surface area contributed by atoms with Crippen molar-refractivity contribution < 1.29 is 17.7 Å². The van der Waals surface area contributed by atoms with Crippen molar-refractivity contribution in [3.8, 4) is 11.1 Å². The molecule has 0 aliphatic carbocycles. The number of aromatic nitrogens is 1. The minimum atomic E-state index is -3.70. The molecule has 9 heteroatoms. The minimum absolute atomic E-state index is 0.0602. The van der Waals surface area contributed by atoms with Crippen LogP contribution in [-0.4, -0.2) is 54.9 Å². The predicted molar refractivity (Wildman–Crippen MR) is 115 cm³/mol. The number of hydrogen-bond acceptors (Lipinski definition) is 6. The van der Waals surface area contributed by atoms with Gasteiger partial charge in [-0.2, -0.15) is 4.31 Å². The van der Waals surface area contributed by atoms with Crippen molar-refractivity contribution in [1.29, 1.82) is 0 Å². The second kappa shape index (κ2) is 7.98. The number of nitrogens with zero attached hydrogens (tertiary/aromatic N) is 3. The maximum atomic E-state index is 13.2. The van der Waals surface area contributed by atoms with Crippen LogP contribution < -0.4 is 0 Å². The molecule has 0 saturated carbocycles. The monoisotopic (exact) mass is 445 g/mol. The first-order valence-corrected chi connectivity index (χ1v) is 12.0. The van der Waals surface area contributed by atoms with Crippen LogP contribution in [0.15, 0.2) is 45.1 Å². The van der Waals surface area contributed by atoms with Crippen LogP contribution in [0.1, 0.15) is 26.7 Å². The molecule has 1 fully saturated rings. The number of rotatable bonds is 4. The van der Waals surface area contributed by atoms with Crippen molar-refractivity contribution in [3.63, 3.8) is 0 Å². The van der Waals surface area contributed by atoms with E-state index in [0.29, 0.717) is 23.7 Å². The summed E-state index contributed by atoms with van der Waals surface area (Å²) < 4.78 is 32.4. The maximum absolute atomic E-state index is 13.2. The van der Waals surface area contributed by atoms with Crippen molar-refractivity contribution >= 4 is 27.3 Å².